The van der Waals surface area contributed by atoms with Crippen molar-refractivity contribution in [3.63, 3.8) is 0 Å². The van der Waals surface area contributed by atoms with Gasteiger partial charge in [0.2, 0.25) is 0 Å². The van der Waals surface area contributed by atoms with Gasteiger partial charge < -0.3 is 5.32 Å². The first-order chi connectivity index (χ1) is 13.2. The van der Waals surface area contributed by atoms with Gasteiger partial charge in [0.25, 0.3) is 5.91 Å². The van der Waals surface area contributed by atoms with Gasteiger partial charge in [-0.1, -0.05) is 54.6 Å². The second kappa shape index (κ2) is 9.35. The third-order valence-corrected chi connectivity index (χ3v) is 5.08. The zero-order valence-electron chi connectivity index (χ0n) is 14.9. The van der Waals surface area contributed by atoms with Gasteiger partial charge in [0.05, 0.1) is 0 Å². The van der Waals surface area contributed by atoms with Gasteiger partial charge >= 0.3 is 0 Å². The molecule has 2 N–H and O–H groups in total. The molecule has 3 nitrogen and oxygen atoms in total. The maximum absolute atomic E-state index is 12.4. The van der Waals surface area contributed by atoms with E-state index < -0.39 is 0 Å². The van der Waals surface area contributed by atoms with E-state index in [-0.39, 0.29) is 5.91 Å². The van der Waals surface area contributed by atoms with Crippen molar-refractivity contribution < 1.29 is 4.79 Å². The number of thiocarbonyl (C=S) groups is 1. The standard InChI is InChI=1S/C22H20N2OS2/c1-27-20-13-7-16(8-14-20)15-23-22(26)24-21(25)19-11-9-18(10-12-19)17-5-3-2-4-6-17/h2-14H,15H2,1H3,(H2,23,24,25,26). The number of benzene rings is 3. The highest BCUT2D eigenvalue weighted by molar-refractivity contribution is 7.98. The number of carbonyl (C=O) groups excluding carboxylic acids is 1. The minimum absolute atomic E-state index is 0.218. The smallest absolute Gasteiger partial charge is 0.257 e. The minimum atomic E-state index is -0.218. The molecule has 0 aliphatic rings. The molecule has 0 heterocycles. The van der Waals surface area contributed by atoms with Crippen LogP contribution in [-0.2, 0) is 6.54 Å². The normalized spacial score (nSPS) is 10.3. The van der Waals surface area contributed by atoms with Crippen LogP contribution < -0.4 is 10.6 Å². The Bertz CT molecular complexity index is 907. The molecule has 0 unspecified atom stereocenters. The number of rotatable bonds is 5. The summed E-state index contributed by atoms with van der Waals surface area (Å²) in [7, 11) is 0. The summed E-state index contributed by atoms with van der Waals surface area (Å²) in [6.45, 7) is 0.570. The quantitative estimate of drug-likeness (QED) is 0.480. The molecule has 3 rings (SSSR count). The molecule has 136 valence electrons. The van der Waals surface area contributed by atoms with E-state index >= 15 is 0 Å². The van der Waals surface area contributed by atoms with Crippen LogP contribution in [-0.4, -0.2) is 17.3 Å². The zero-order valence-corrected chi connectivity index (χ0v) is 16.6. The molecule has 0 aliphatic carbocycles. The lowest BCUT2D eigenvalue weighted by molar-refractivity contribution is 0.0976. The largest absolute Gasteiger partial charge is 0.358 e. The highest BCUT2D eigenvalue weighted by Gasteiger charge is 2.08. The monoisotopic (exact) mass is 392 g/mol. The summed E-state index contributed by atoms with van der Waals surface area (Å²) in [4.78, 5) is 13.6. The molecule has 0 bridgehead atoms. The second-order valence-corrected chi connectivity index (χ2v) is 7.22. The van der Waals surface area contributed by atoms with Crippen LogP contribution in [0.4, 0.5) is 0 Å². The Hall–Kier alpha value is -2.63. The van der Waals surface area contributed by atoms with Crippen LogP contribution in [0.25, 0.3) is 11.1 Å². The van der Waals surface area contributed by atoms with E-state index in [0.717, 1.165) is 16.7 Å². The molecule has 0 saturated carbocycles. The number of thioether (sulfide) groups is 1. The number of carbonyl (C=O) groups is 1. The molecular formula is C22H20N2OS2. The van der Waals surface area contributed by atoms with Gasteiger partial charge in [-0.15, -0.1) is 11.8 Å². The summed E-state index contributed by atoms with van der Waals surface area (Å²) in [5.74, 6) is -0.218. The Morgan fingerprint density at radius 2 is 1.52 bits per heavy atom. The van der Waals surface area contributed by atoms with Crippen molar-refractivity contribution in [1.82, 2.24) is 10.6 Å². The molecule has 1 amide bonds. The van der Waals surface area contributed by atoms with Crippen molar-refractivity contribution in [3.05, 3.63) is 90.0 Å². The van der Waals surface area contributed by atoms with Gasteiger partial charge in [0, 0.05) is 17.0 Å². The van der Waals surface area contributed by atoms with Gasteiger partial charge in [-0.2, -0.15) is 0 Å². The van der Waals surface area contributed by atoms with E-state index in [1.54, 1.807) is 23.9 Å². The maximum Gasteiger partial charge on any atom is 0.257 e. The molecule has 0 saturated heterocycles. The zero-order chi connectivity index (χ0) is 19.1. The SMILES string of the molecule is CSc1ccc(CNC(=S)NC(=O)c2ccc(-c3ccccc3)cc2)cc1. The molecule has 0 atom stereocenters. The fraction of sp³-hybridized carbons (Fsp3) is 0.0909. The summed E-state index contributed by atoms with van der Waals surface area (Å²) in [6, 6.07) is 25.8. The molecule has 3 aromatic carbocycles. The van der Waals surface area contributed by atoms with Gasteiger partial charge in [0.15, 0.2) is 5.11 Å². The van der Waals surface area contributed by atoms with E-state index in [2.05, 4.69) is 22.8 Å². The van der Waals surface area contributed by atoms with Gasteiger partial charge in [-0.05, 0) is 59.4 Å². The summed E-state index contributed by atoms with van der Waals surface area (Å²) >= 11 is 6.94. The van der Waals surface area contributed by atoms with Crippen LogP contribution in [0.3, 0.4) is 0 Å². The van der Waals surface area contributed by atoms with Crippen LogP contribution >= 0.6 is 24.0 Å². The van der Waals surface area contributed by atoms with E-state index in [9.17, 15) is 4.79 Å². The molecule has 0 radical (unpaired) electrons. The lowest BCUT2D eigenvalue weighted by atomic mass is 10.0. The predicted molar refractivity (Wildman–Crippen MR) is 117 cm³/mol. The van der Waals surface area contributed by atoms with Gasteiger partial charge in [-0.3, -0.25) is 10.1 Å². The second-order valence-electron chi connectivity index (χ2n) is 5.93. The summed E-state index contributed by atoms with van der Waals surface area (Å²) in [6.07, 6.45) is 2.05. The Balaban J connectivity index is 1.54. The van der Waals surface area contributed by atoms with Crippen molar-refractivity contribution in [2.45, 2.75) is 11.4 Å². The molecular weight excluding hydrogens is 372 g/mol. The Labute approximate surface area is 169 Å². The summed E-state index contributed by atoms with van der Waals surface area (Å²) in [5, 5.41) is 6.11. The summed E-state index contributed by atoms with van der Waals surface area (Å²) < 4.78 is 0. The fourth-order valence-corrected chi connectivity index (χ4v) is 3.16. The van der Waals surface area contributed by atoms with Crippen molar-refractivity contribution in [2.75, 3.05) is 6.26 Å². The first-order valence-corrected chi connectivity index (χ1v) is 10.2. The third-order valence-electron chi connectivity index (χ3n) is 4.09. The average Bonchev–Trinajstić information content (AvgIpc) is 2.73. The summed E-state index contributed by atoms with van der Waals surface area (Å²) in [5.41, 5.74) is 3.87. The highest BCUT2D eigenvalue weighted by Crippen LogP contribution is 2.19. The molecule has 5 heteroatoms. The molecule has 0 spiro atoms. The van der Waals surface area contributed by atoms with Crippen LogP contribution in [0.1, 0.15) is 15.9 Å². The molecule has 3 aromatic rings. The third kappa shape index (κ3) is 5.42. The van der Waals surface area contributed by atoms with E-state index in [1.165, 1.54) is 4.90 Å². The van der Waals surface area contributed by atoms with Crippen molar-refractivity contribution >= 4 is 35.0 Å². The van der Waals surface area contributed by atoms with Gasteiger partial charge in [0.1, 0.15) is 0 Å². The maximum atomic E-state index is 12.4. The molecule has 0 aliphatic heterocycles. The Morgan fingerprint density at radius 1 is 0.889 bits per heavy atom. The molecule has 27 heavy (non-hydrogen) atoms. The first-order valence-electron chi connectivity index (χ1n) is 8.53. The molecule has 0 aromatic heterocycles. The lowest BCUT2D eigenvalue weighted by Crippen LogP contribution is -2.38. The number of hydrogen-bond donors (Lipinski definition) is 2. The van der Waals surface area contributed by atoms with Crippen LogP contribution in [0.5, 0.6) is 0 Å². The topological polar surface area (TPSA) is 41.1 Å². The molecule has 0 fully saturated rings. The Kier molecular flexibility index (Phi) is 6.63. The van der Waals surface area contributed by atoms with Crippen LogP contribution in [0, 0.1) is 0 Å². The number of nitrogens with one attached hydrogen (secondary N) is 2. The van der Waals surface area contributed by atoms with E-state index in [0.29, 0.717) is 17.2 Å². The fourth-order valence-electron chi connectivity index (χ4n) is 2.59. The average molecular weight is 393 g/mol. The van der Waals surface area contributed by atoms with Crippen molar-refractivity contribution in [1.29, 1.82) is 0 Å². The minimum Gasteiger partial charge on any atom is -0.358 e. The van der Waals surface area contributed by atoms with Gasteiger partial charge in [-0.25, -0.2) is 0 Å². The highest BCUT2D eigenvalue weighted by atomic mass is 32.2. The first kappa shape index (κ1) is 19.1. The lowest BCUT2D eigenvalue weighted by Gasteiger charge is -2.10. The van der Waals surface area contributed by atoms with Crippen LogP contribution in [0.15, 0.2) is 83.8 Å². The Morgan fingerprint density at radius 3 is 2.15 bits per heavy atom. The van der Waals surface area contributed by atoms with Crippen molar-refractivity contribution in [3.8, 4) is 11.1 Å². The van der Waals surface area contributed by atoms with Crippen molar-refractivity contribution in [2.24, 2.45) is 0 Å². The van der Waals surface area contributed by atoms with E-state index in [1.807, 2.05) is 60.9 Å². The number of amides is 1. The predicted octanol–water partition coefficient (Wildman–Crippen LogP) is 4.88. The van der Waals surface area contributed by atoms with Crippen LogP contribution in [0.2, 0.25) is 0 Å². The van der Waals surface area contributed by atoms with E-state index in [4.69, 9.17) is 12.2 Å². The number of hydrogen-bond acceptors (Lipinski definition) is 3.